The molecule has 0 spiro atoms. The molecule has 4 nitrogen and oxygen atoms in total. The van der Waals surface area contributed by atoms with Gasteiger partial charge >= 0.3 is 0 Å². The maximum absolute atomic E-state index is 13.4. The molecule has 1 amide bonds. The maximum atomic E-state index is 13.4. The third kappa shape index (κ3) is 6.26. The van der Waals surface area contributed by atoms with Crippen molar-refractivity contribution < 1.29 is 9.18 Å². The van der Waals surface area contributed by atoms with Gasteiger partial charge in [0.1, 0.15) is 5.82 Å². The van der Waals surface area contributed by atoms with Crippen LogP contribution in [0.4, 0.5) is 4.39 Å². The Kier molecular flexibility index (Phi) is 10.4. The summed E-state index contributed by atoms with van der Waals surface area (Å²) in [5.41, 5.74) is 0.855. The van der Waals surface area contributed by atoms with Gasteiger partial charge in [0.2, 0.25) is 5.91 Å². The second-order valence-electron chi connectivity index (χ2n) is 5.60. The topological polar surface area (TPSA) is 35.6 Å². The number of hydrogen-bond acceptors (Lipinski definition) is 3. The van der Waals surface area contributed by atoms with Gasteiger partial charge in [-0.2, -0.15) is 0 Å². The van der Waals surface area contributed by atoms with Crippen LogP contribution in [0.25, 0.3) is 0 Å². The molecule has 0 bridgehead atoms. The number of piperazine rings is 1. The number of nitrogens with zero attached hydrogens (tertiary/aromatic N) is 2. The molecule has 1 fully saturated rings. The van der Waals surface area contributed by atoms with Crippen molar-refractivity contribution in [1.29, 1.82) is 0 Å². The Morgan fingerprint density at radius 1 is 1.43 bits per heavy atom. The third-order valence-electron chi connectivity index (χ3n) is 3.81. The van der Waals surface area contributed by atoms with E-state index >= 15 is 0 Å². The molecule has 1 aliphatic heterocycles. The second kappa shape index (κ2) is 10.8. The Hall–Kier alpha value is -0.880. The largest absolute Gasteiger partial charge is 0.332 e. The third-order valence-corrected chi connectivity index (χ3v) is 3.81. The number of hydrogen-bond donors (Lipinski definition) is 1. The molecule has 132 valence electrons. The number of carbonyl (C=O) groups excluding carboxylic acids is 1. The fourth-order valence-corrected chi connectivity index (χ4v) is 2.80. The van der Waals surface area contributed by atoms with Crippen LogP contribution >= 0.6 is 24.8 Å². The Morgan fingerprint density at radius 2 is 2.17 bits per heavy atom. The standard InChI is InChI=1S/C16H24FN3O.2ClH/c1-3-8-19(2)12-16(21)20-9-7-18-11-15(20)13-5-4-6-14(17)10-13;;/h4-6,10,15,18H,3,7-9,11-12H2,1-2H3;2*1H. The minimum absolute atomic E-state index is 0. The smallest absolute Gasteiger partial charge is 0.237 e. The number of likely N-dealkylation sites (N-methyl/N-ethyl adjacent to an activating group) is 1. The molecule has 1 atom stereocenters. The Labute approximate surface area is 150 Å². The van der Waals surface area contributed by atoms with Crippen LogP contribution in [-0.2, 0) is 4.79 Å². The van der Waals surface area contributed by atoms with Crippen molar-refractivity contribution in [3.05, 3.63) is 35.6 Å². The first-order valence-corrected chi connectivity index (χ1v) is 7.56. The van der Waals surface area contributed by atoms with E-state index in [0.29, 0.717) is 19.6 Å². The molecule has 0 aliphatic carbocycles. The highest BCUT2D eigenvalue weighted by atomic mass is 35.5. The van der Waals surface area contributed by atoms with Crippen molar-refractivity contribution in [2.45, 2.75) is 19.4 Å². The van der Waals surface area contributed by atoms with Crippen LogP contribution < -0.4 is 5.32 Å². The average Bonchev–Trinajstić information content (AvgIpc) is 2.47. The minimum atomic E-state index is -0.256. The first kappa shape index (κ1) is 22.1. The van der Waals surface area contributed by atoms with E-state index in [-0.39, 0.29) is 42.6 Å². The highest BCUT2D eigenvalue weighted by molar-refractivity contribution is 5.85. The van der Waals surface area contributed by atoms with Crippen molar-refractivity contribution >= 4 is 30.7 Å². The molecule has 2 rings (SSSR count). The number of benzene rings is 1. The van der Waals surface area contributed by atoms with Gasteiger partial charge in [-0.3, -0.25) is 9.69 Å². The summed E-state index contributed by atoms with van der Waals surface area (Å²) in [6.45, 7) is 5.55. The first-order valence-electron chi connectivity index (χ1n) is 7.56. The lowest BCUT2D eigenvalue weighted by Crippen LogP contribution is -2.51. The van der Waals surface area contributed by atoms with Gasteiger partial charge < -0.3 is 10.2 Å². The van der Waals surface area contributed by atoms with E-state index in [1.54, 1.807) is 6.07 Å². The van der Waals surface area contributed by atoms with E-state index < -0.39 is 0 Å². The van der Waals surface area contributed by atoms with Crippen molar-refractivity contribution in [3.63, 3.8) is 0 Å². The lowest BCUT2D eigenvalue weighted by molar-refractivity contribution is -0.135. The monoisotopic (exact) mass is 365 g/mol. The quantitative estimate of drug-likeness (QED) is 0.870. The van der Waals surface area contributed by atoms with E-state index in [1.165, 1.54) is 12.1 Å². The predicted molar refractivity (Wildman–Crippen MR) is 96.0 cm³/mol. The van der Waals surface area contributed by atoms with E-state index in [0.717, 1.165) is 25.1 Å². The molecule has 0 saturated carbocycles. The zero-order valence-electron chi connectivity index (χ0n) is 13.6. The highest BCUT2D eigenvalue weighted by Gasteiger charge is 2.28. The first-order chi connectivity index (χ1) is 10.1. The van der Waals surface area contributed by atoms with Crippen LogP contribution in [0.1, 0.15) is 24.9 Å². The summed E-state index contributed by atoms with van der Waals surface area (Å²) in [5.74, 6) is -0.143. The lowest BCUT2D eigenvalue weighted by Gasteiger charge is -2.37. The molecule has 1 heterocycles. The summed E-state index contributed by atoms with van der Waals surface area (Å²) in [6.07, 6.45) is 1.03. The molecule has 1 aliphatic rings. The van der Waals surface area contributed by atoms with Gasteiger partial charge in [0.05, 0.1) is 12.6 Å². The SMILES string of the molecule is CCCN(C)CC(=O)N1CCNCC1c1cccc(F)c1.Cl.Cl. The Morgan fingerprint density at radius 3 is 2.83 bits per heavy atom. The number of amides is 1. The van der Waals surface area contributed by atoms with E-state index in [2.05, 4.69) is 12.2 Å². The van der Waals surface area contributed by atoms with Gasteiger partial charge in [0.25, 0.3) is 0 Å². The van der Waals surface area contributed by atoms with Crippen LogP contribution in [0.5, 0.6) is 0 Å². The van der Waals surface area contributed by atoms with Crippen LogP contribution in [0, 0.1) is 5.82 Å². The van der Waals surface area contributed by atoms with Gasteiger partial charge in [0, 0.05) is 19.6 Å². The van der Waals surface area contributed by atoms with Crippen LogP contribution in [0.3, 0.4) is 0 Å². The molecule has 0 radical (unpaired) electrons. The summed E-state index contributed by atoms with van der Waals surface area (Å²) in [6, 6.07) is 6.45. The van der Waals surface area contributed by atoms with Crippen molar-refractivity contribution in [2.24, 2.45) is 0 Å². The van der Waals surface area contributed by atoms with Crippen LogP contribution in [-0.4, -0.2) is 55.5 Å². The Bertz CT molecular complexity index is 490. The van der Waals surface area contributed by atoms with Gasteiger partial charge in [0.15, 0.2) is 0 Å². The number of halogens is 3. The molecule has 0 aromatic heterocycles. The molecule has 1 aromatic rings. The fraction of sp³-hybridized carbons (Fsp3) is 0.562. The van der Waals surface area contributed by atoms with Gasteiger partial charge in [-0.1, -0.05) is 19.1 Å². The highest BCUT2D eigenvalue weighted by Crippen LogP contribution is 2.23. The molecule has 1 aromatic carbocycles. The molecule has 1 N–H and O–H groups in total. The van der Waals surface area contributed by atoms with Crippen molar-refractivity contribution in [2.75, 3.05) is 39.8 Å². The summed E-state index contributed by atoms with van der Waals surface area (Å²) in [5, 5.41) is 3.29. The Balaban J connectivity index is 0.00000242. The molecule has 1 unspecified atom stereocenters. The maximum Gasteiger partial charge on any atom is 0.237 e. The van der Waals surface area contributed by atoms with Crippen molar-refractivity contribution in [3.8, 4) is 0 Å². The number of carbonyl (C=O) groups is 1. The molecule has 1 saturated heterocycles. The van der Waals surface area contributed by atoms with Gasteiger partial charge in [-0.25, -0.2) is 4.39 Å². The zero-order chi connectivity index (χ0) is 15.2. The second-order valence-corrected chi connectivity index (χ2v) is 5.60. The average molecular weight is 366 g/mol. The minimum Gasteiger partial charge on any atom is -0.332 e. The van der Waals surface area contributed by atoms with E-state index in [1.807, 2.05) is 22.9 Å². The summed E-state index contributed by atoms with van der Waals surface area (Å²) >= 11 is 0. The normalized spacial score (nSPS) is 17.4. The van der Waals surface area contributed by atoms with Gasteiger partial charge in [-0.05, 0) is 37.7 Å². The van der Waals surface area contributed by atoms with Crippen LogP contribution in [0.15, 0.2) is 24.3 Å². The van der Waals surface area contributed by atoms with Gasteiger partial charge in [-0.15, -0.1) is 24.8 Å². The number of nitrogens with one attached hydrogen (secondary N) is 1. The molecular weight excluding hydrogens is 340 g/mol. The lowest BCUT2D eigenvalue weighted by atomic mass is 10.0. The molecule has 23 heavy (non-hydrogen) atoms. The summed E-state index contributed by atoms with van der Waals surface area (Å²) < 4.78 is 13.4. The molecule has 7 heteroatoms. The van der Waals surface area contributed by atoms with Crippen molar-refractivity contribution in [1.82, 2.24) is 15.1 Å². The van der Waals surface area contributed by atoms with E-state index in [4.69, 9.17) is 0 Å². The number of rotatable bonds is 5. The van der Waals surface area contributed by atoms with E-state index in [9.17, 15) is 9.18 Å². The fourth-order valence-electron chi connectivity index (χ4n) is 2.80. The zero-order valence-corrected chi connectivity index (χ0v) is 15.3. The predicted octanol–water partition coefficient (Wildman–Crippen LogP) is 2.48. The summed E-state index contributed by atoms with van der Waals surface area (Å²) in [4.78, 5) is 16.4. The summed E-state index contributed by atoms with van der Waals surface area (Å²) in [7, 11) is 1.96. The van der Waals surface area contributed by atoms with Crippen LogP contribution in [0.2, 0.25) is 0 Å². The molecular formula is C16H26Cl2FN3O.